The Morgan fingerprint density at radius 3 is 2.59 bits per heavy atom. The van der Waals surface area contributed by atoms with Crippen LogP contribution in [-0.2, 0) is 0 Å². The summed E-state index contributed by atoms with van der Waals surface area (Å²) in [5.41, 5.74) is 3.76. The minimum Gasteiger partial charge on any atom is -0.496 e. The number of fused-ring (bicyclic) bond motifs is 1. The van der Waals surface area contributed by atoms with E-state index in [1.807, 2.05) is 48.5 Å². The van der Waals surface area contributed by atoms with Crippen LogP contribution in [0.15, 0.2) is 53.6 Å². The summed E-state index contributed by atoms with van der Waals surface area (Å²) >= 11 is 6.04. The molecule has 0 aliphatic carbocycles. The van der Waals surface area contributed by atoms with Gasteiger partial charge in [-0.05, 0) is 12.1 Å². The van der Waals surface area contributed by atoms with Crippen LogP contribution in [-0.4, -0.2) is 23.5 Å². The Morgan fingerprint density at radius 2 is 1.77 bits per heavy atom. The third-order valence-electron chi connectivity index (χ3n) is 3.16. The lowest BCUT2D eigenvalue weighted by Gasteiger charge is -2.05. The zero-order chi connectivity index (χ0) is 15.4. The van der Waals surface area contributed by atoms with E-state index in [-0.39, 0.29) is 0 Å². The average Bonchev–Trinajstić information content (AvgIpc) is 2.57. The van der Waals surface area contributed by atoms with E-state index in [0.29, 0.717) is 11.0 Å². The first-order valence-corrected chi connectivity index (χ1v) is 7.00. The van der Waals surface area contributed by atoms with Crippen molar-refractivity contribution < 1.29 is 4.74 Å². The number of hydrazone groups is 1. The van der Waals surface area contributed by atoms with Crippen LogP contribution in [0.25, 0.3) is 10.8 Å². The fourth-order valence-corrected chi connectivity index (χ4v) is 2.29. The maximum Gasteiger partial charge on any atom is 0.176 e. The topological polar surface area (TPSA) is 59.4 Å². The third-order valence-corrected chi connectivity index (χ3v) is 3.43. The average molecular weight is 313 g/mol. The van der Waals surface area contributed by atoms with Crippen LogP contribution in [0.4, 0.5) is 5.82 Å². The van der Waals surface area contributed by atoms with Gasteiger partial charge in [-0.15, -0.1) is 10.2 Å². The fourth-order valence-electron chi connectivity index (χ4n) is 2.09. The van der Waals surface area contributed by atoms with E-state index >= 15 is 0 Å². The third kappa shape index (κ3) is 2.84. The molecule has 0 saturated heterocycles. The smallest absolute Gasteiger partial charge is 0.176 e. The molecule has 5 nitrogen and oxygen atoms in total. The summed E-state index contributed by atoms with van der Waals surface area (Å²) in [5.74, 6) is 1.30. The Hall–Kier alpha value is -2.66. The number of ether oxygens (including phenoxy) is 1. The lowest BCUT2D eigenvalue weighted by molar-refractivity contribution is 0.414. The van der Waals surface area contributed by atoms with Gasteiger partial charge in [0.1, 0.15) is 5.75 Å². The molecule has 1 heterocycles. The molecule has 2 aromatic carbocycles. The van der Waals surface area contributed by atoms with Gasteiger partial charge in [0.05, 0.1) is 13.3 Å². The van der Waals surface area contributed by atoms with E-state index in [0.717, 1.165) is 22.1 Å². The lowest BCUT2D eigenvalue weighted by atomic mass is 10.2. The van der Waals surface area contributed by atoms with Crippen LogP contribution < -0.4 is 10.2 Å². The zero-order valence-electron chi connectivity index (χ0n) is 11.8. The standard InChI is InChI=1S/C16H13ClN4O/c1-22-14-9-5-2-6-11(14)10-18-20-16-13-8-4-3-7-12(13)15(17)19-21-16/h2-10H,1H3,(H,20,21)/b18-10-. The number of methoxy groups -OCH3 is 1. The quantitative estimate of drug-likeness (QED) is 0.589. The van der Waals surface area contributed by atoms with Crippen molar-refractivity contribution in [2.45, 2.75) is 0 Å². The van der Waals surface area contributed by atoms with E-state index in [4.69, 9.17) is 16.3 Å². The van der Waals surface area contributed by atoms with E-state index < -0.39 is 0 Å². The minimum absolute atomic E-state index is 0.370. The van der Waals surface area contributed by atoms with Crippen molar-refractivity contribution >= 4 is 34.4 Å². The van der Waals surface area contributed by atoms with Crippen LogP contribution in [0.3, 0.4) is 0 Å². The van der Waals surface area contributed by atoms with Crippen molar-refractivity contribution in [1.82, 2.24) is 10.2 Å². The van der Waals surface area contributed by atoms with Crippen molar-refractivity contribution in [3.8, 4) is 5.75 Å². The van der Waals surface area contributed by atoms with Crippen LogP contribution in [0.2, 0.25) is 5.15 Å². The van der Waals surface area contributed by atoms with Crippen LogP contribution in [0.1, 0.15) is 5.56 Å². The van der Waals surface area contributed by atoms with Crippen LogP contribution in [0, 0.1) is 0 Å². The van der Waals surface area contributed by atoms with Gasteiger partial charge in [0.2, 0.25) is 0 Å². The number of anilines is 1. The summed E-state index contributed by atoms with van der Waals surface area (Å²) in [4.78, 5) is 0. The second-order valence-corrected chi connectivity index (χ2v) is 4.85. The van der Waals surface area contributed by atoms with E-state index in [9.17, 15) is 0 Å². The molecule has 0 aliphatic heterocycles. The molecule has 1 N–H and O–H groups in total. The Morgan fingerprint density at radius 1 is 1.05 bits per heavy atom. The van der Waals surface area contributed by atoms with Gasteiger partial charge >= 0.3 is 0 Å². The van der Waals surface area contributed by atoms with Gasteiger partial charge in [-0.25, -0.2) is 0 Å². The summed E-state index contributed by atoms with van der Waals surface area (Å²) in [6.45, 7) is 0. The summed E-state index contributed by atoms with van der Waals surface area (Å²) < 4.78 is 5.27. The molecule has 22 heavy (non-hydrogen) atoms. The second-order valence-electron chi connectivity index (χ2n) is 4.50. The Balaban J connectivity index is 1.88. The SMILES string of the molecule is COc1ccccc1/C=N\Nc1nnc(Cl)c2ccccc12. The molecule has 0 spiro atoms. The highest BCUT2D eigenvalue weighted by Crippen LogP contribution is 2.25. The van der Waals surface area contributed by atoms with E-state index in [1.165, 1.54) is 0 Å². The largest absolute Gasteiger partial charge is 0.496 e. The van der Waals surface area contributed by atoms with Crippen molar-refractivity contribution in [3.05, 3.63) is 59.2 Å². The van der Waals surface area contributed by atoms with Gasteiger partial charge in [-0.2, -0.15) is 5.10 Å². The van der Waals surface area contributed by atoms with Gasteiger partial charge in [-0.1, -0.05) is 48.0 Å². The number of hydrogen-bond donors (Lipinski definition) is 1. The molecule has 0 atom stereocenters. The Labute approximate surface area is 132 Å². The molecule has 1 aromatic heterocycles. The summed E-state index contributed by atoms with van der Waals surface area (Å²) in [5, 5.41) is 14.2. The van der Waals surface area contributed by atoms with Gasteiger partial charge in [0.25, 0.3) is 0 Å². The predicted molar refractivity (Wildman–Crippen MR) is 88.8 cm³/mol. The number of benzene rings is 2. The molecule has 0 radical (unpaired) electrons. The molecule has 0 bridgehead atoms. The highest BCUT2D eigenvalue weighted by Gasteiger charge is 2.06. The van der Waals surface area contributed by atoms with Crippen molar-refractivity contribution in [1.29, 1.82) is 0 Å². The van der Waals surface area contributed by atoms with Gasteiger partial charge < -0.3 is 4.74 Å². The number of rotatable bonds is 4. The molecule has 110 valence electrons. The zero-order valence-corrected chi connectivity index (χ0v) is 12.6. The Bertz CT molecular complexity index is 835. The minimum atomic E-state index is 0.370. The molecule has 6 heteroatoms. The first-order chi connectivity index (χ1) is 10.8. The highest BCUT2D eigenvalue weighted by atomic mass is 35.5. The monoisotopic (exact) mass is 312 g/mol. The number of para-hydroxylation sites is 1. The number of aromatic nitrogens is 2. The normalized spacial score (nSPS) is 11.0. The maximum absolute atomic E-state index is 6.04. The van der Waals surface area contributed by atoms with Crippen molar-refractivity contribution in [3.63, 3.8) is 0 Å². The van der Waals surface area contributed by atoms with Gasteiger partial charge in [0, 0.05) is 16.3 Å². The summed E-state index contributed by atoms with van der Waals surface area (Å²) in [7, 11) is 1.62. The molecule has 0 unspecified atom stereocenters. The van der Waals surface area contributed by atoms with Crippen molar-refractivity contribution in [2.75, 3.05) is 12.5 Å². The predicted octanol–water partition coefficient (Wildman–Crippen LogP) is 3.74. The molecule has 3 aromatic rings. The number of nitrogens with zero attached hydrogens (tertiary/aromatic N) is 3. The summed E-state index contributed by atoms with van der Waals surface area (Å²) in [6.07, 6.45) is 1.67. The molecule has 0 saturated carbocycles. The van der Waals surface area contributed by atoms with Crippen LogP contribution in [0.5, 0.6) is 5.75 Å². The number of halogens is 1. The van der Waals surface area contributed by atoms with Gasteiger partial charge in [0.15, 0.2) is 11.0 Å². The molecule has 0 amide bonds. The lowest BCUT2D eigenvalue weighted by Crippen LogP contribution is -1.98. The van der Waals surface area contributed by atoms with Crippen LogP contribution >= 0.6 is 11.6 Å². The first-order valence-electron chi connectivity index (χ1n) is 6.62. The van der Waals surface area contributed by atoms with E-state index in [1.54, 1.807) is 13.3 Å². The van der Waals surface area contributed by atoms with E-state index in [2.05, 4.69) is 20.7 Å². The Kier molecular flexibility index (Phi) is 4.16. The molecular formula is C16H13ClN4O. The molecule has 3 rings (SSSR count). The maximum atomic E-state index is 6.04. The number of hydrogen-bond acceptors (Lipinski definition) is 5. The van der Waals surface area contributed by atoms with Gasteiger partial charge in [-0.3, -0.25) is 5.43 Å². The first kappa shape index (κ1) is 14.3. The molecule has 0 fully saturated rings. The molecule has 0 aliphatic rings. The molecular weight excluding hydrogens is 300 g/mol. The highest BCUT2D eigenvalue weighted by molar-refractivity contribution is 6.34. The van der Waals surface area contributed by atoms with Crippen molar-refractivity contribution in [2.24, 2.45) is 5.10 Å². The number of nitrogens with one attached hydrogen (secondary N) is 1. The fraction of sp³-hybridized carbons (Fsp3) is 0.0625. The summed E-state index contributed by atoms with van der Waals surface area (Å²) in [6, 6.07) is 15.2. The second kappa shape index (κ2) is 6.41.